The second kappa shape index (κ2) is 10.1. The molecule has 7 nitrogen and oxygen atoms in total. The number of ether oxygens (including phenoxy) is 2. The van der Waals surface area contributed by atoms with Crippen LogP contribution in [0.25, 0.3) is 11.3 Å². The van der Waals surface area contributed by atoms with Crippen molar-refractivity contribution in [2.45, 2.75) is 46.3 Å². The lowest BCUT2D eigenvalue weighted by atomic mass is 9.95. The Kier molecular flexibility index (Phi) is 7.14. The third-order valence-corrected chi connectivity index (χ3v) is 6.28. The molecule has 2 N–H and O–H groups in total. The van der Waals surface area contributed by atoms with Crippen molar-refractivity contribution in [1.29, 1.82) is 0 Å². The normalized spacial score (nSPS) is 15.3. The third-order valence-electron chi connectivity index (χ3n) is 5.88. The molecule has 0 spiro atoms. The number of aromatic nitrogens is 2. The van der Waals surface area contributed by atoms with E-state index in [-0.39, 0.29) is 17.8 Å². The van der Waals surface area contributed by atoms with Crippen LogP contribution in [0.15, 0.2) is 36.4 Å². The van der Waals surface area contributed by atoms with Crippen molar-refractivity contribution < 1.29 is 19.4 Å². The number of aryl methyl sites for hydroxylation is 1. The molecule has 2 heterocycles. The molecule has 8 heteroatoms. The van der Waals surface area contributed by atoms with Crippen molar-refractivity contribution in [2.24, 2.45) is 0 Å². The Hall–Kier alpha value is -3.03. The molecule has 3 aromatic rings. The number of aromatic hydroxyl groups is 1. The predicted molar refractivity (Wildman–Crippen MR) is 132 cm³/mol. The van der Waals surface area contributed by atoms with Gasteiger partial charge in [0.15, 0.2) is 0 Å². The highest BCUT2D eigenvalue weighted by Gasteiger charge is 2.42. The SMILES string of the molecule is CCOc1cccc(C2c3c(-c4cc(Cl)c(C)cc4O)n[nH]c3C(=O)N2CCCOC(C)C)c1. The number of fused-ring (bicyclic) bond motifs is 1. The number of phenolic OH excluding ortho intramolecular Hbond substituents is 1. The summed E-state index contributed by atoms with van der Waals surface area (Å²) in [5.41, 5.74) is 3.80. The summed E-state index contributed by atoms with van der Waals surface area (Å²) in [7, 11) is 0. The van der Waals surface area contributed by atoms with Crippen LogP contribution >= 0.6 is 11.6 Å². The standard InChI is InChI=1S/C26H30ClN3O4/c1-5-33-18-9-6-8-17(13-18)25-22-23(19-14-20(27)16(4)12-21(19)31)28-29-24(22)26(32)30(25)10-7-11-34-15(2)3/h6,8-9,12-15,25,31H,5,7,10-11H2,1-4H3,(H,28,29). The molecule has 0 radical (unpaired) electrons. The predicted octanol–water partition coefficient (Wildman–Crippen LogP) is 5.50. The third kappa shape index (κ3) is 4.63. The molecule has 0 saturated carbocycles. The number of amides is 1. The van der Waals surface area contributed by atoms with Gasteiger partial charge in [-0.25, -0.2) is 0 Å². The van der Waals surface area contributed by atoms with E-state index in [1.165, 1.54) is 0 Å². The summed E-state index contributed by atoms with van der Waals surface area (Å²) >= 11 is 6.37. The summed E-state index contributed by atoms with van der Waals surface area (Å²) in [6, 6.07) is 10.7. The van der Waals surface area contributed by atoms with Crippen LogP contribution in [0.4, 0.5) is 0 Å². The molecular formula is C26H30ClN3O4. The second-order valence-electron chi connectivity index (χ2n) is 8.66. The Morgan fingerprint density at radius 2 is 2.06 bits per heavy atom. The summed E-state index contributed by atoms with van der Waals surface area (Å²) in [4.78, 5) is 15.3. The summed E-state index contributed by atoms with van der Waals surface area (Å²) in [5, 5.41) is 18.6. The van der Waals surface area contributed by atoms with E-state index in [9.17, 15) is 9.90 Å². The van der Waals surface area contributed by atoms with E-state index in [1.54, 1.807) is 12.1 Å². The maximum atomic E-state index is 13.5. The van der Waals surface area contributed by atoms with Crippen molar-refractivity contribution >= 4 is 17.5 Å². The monoisotopic (exact) mass is 483 g/mol. The molecule has 0 bridgehead atoms. The first-order chi connectivity index (χ1) is 16.3. The molecule has 1 amide bonds. The van der Waals surface area contributed by atoms with E-state index in [2.05, 4.69) is 10.2 Å². The molecule has 34 heavy (non-hydrogen) atoms. The van der Waals surface area contributed by atoms with Crippen LogP contribution < -0.4 is 4.74 Å². The summed E-state index contributed by atoms with van der Waals surface area (Å²) in [5.74, 6) is 0.660. The second-order valence-corrected chi connectivity index (χ2v) is 9.07. The first-order valence-electron chi connectivity index (χ1n) is 11.5. The highest BCUT2D eigenvalue weighted by Crippen LogP contribution is 2.45. The fraction of sp³-hybridized carbons (Fsp3) is 0.385. The maximum absolute atomic E-state index is 13.5. The van der Waals surface area contributed by atoms with Gasteiger partial charge in [-0.15, -0.1) is 0 Å². The smallest absolute Gasteiger partial charge is 0.273 e. The number of hydrogen-bond donors (Lipinski definition) is 2. The fourth-order valence-electron chi connectivity index (χ4n) is 4.33. The van der Waals surface area contributed by atoms with Gasteiger partial charge in [-0.2, -0.15) is 5.10 Å². The molecule has 1 unspecified atom stereocenters. The molecule has 1 aliphatic heterocycles. The Bertz CT molecular complexity index is 1190. The zero-order valence-corrected chi connectivity index (χ0v) is 20.6. The van der Waals surface area contributed by atoms with E-state index in [4.69, 9.17) is 21.1 Å². The highest BCUT2D eigenvalue weighted by atomic mass is 35.5. The minimum atomic E-state index is -0.393. The lowest BCUT2D eigenvalue weighted by Crippen LogP contribution is -2.31. The Morgan fingerprint density at radius 3 is 2.79 bits per heavy atom. The lowest BCUT2D eigenvalue weighted by molar-refractivity contribution is 0.0601. The average molecular weight is 484 g/mol. The molecule has 1 aliphatic rings. The number of hydrogen-bond acceptors (Lipinski definition) is 5. The van der Waals surface area contributed by atoms with E-state index in [1.807, 2.05) is 56.9 Å². The fourth-order valence-corrected chi connectivity index (χ4v) is 4.49. The first kappa shape index (κ1) is 24.1. The van der Waals surface area contributed by atoms with Crippen molar-refractivity contribution in [1.82, 2.24) is 15.1 Å². The van der Waals surface area contributed by atoms with E-state index >= 15 is 0 Å². The number of halogens is 1. The van der Waals surface area contributed by atoms with Gasteiger partial charge in [0.2, 0.25) is 0 Å². The zero-order valence-electron chi connectivity index (χ0n) is 19.9. The van der Waals surface area contributed by atoms with Crippen LogP contribution in [-0.2, 0) is 4.74 Å². The van der Waals surface area contributed by atoms with Gasteiger partial charge in [0.05, 0.1) is 18.8 Å². The van der Waals surface area contributed by atoms with Crippen LogP contribution in [0, 0.1) is 6.92 Å². The lowest BCUT2D eigenvalue weighted by Gasteiger charge is -2.27. The maximum Gasteiger partial charge on any atom is 0.273 e. The van der Waals surface area contributed by atoms with Crippen molar-refractivity contribution in [2.75, 3.05) is 19.8 Å². The molecular weight excluding hydrogens is 454 g/mol. The zero-order chi connectivity index (χ0) is 24.4. The number of nitrogens with zero attached hydrogens (tertiary/aromatic N) is 2. The van der Waals surface area contributed by atoms with Gasteiger partial charge in [0, 0.05) is 29.3 Å². The van der Waals surface area contributed by atoms with Crippen LogP contribution in [0.2, 0.25) is 5.02 Å². The van der Waals surface area contributed by atoms with Crippen molar-refractivity contribution in [3.63, 3.8) is 0 Å². The molecule has 1 aromatic heterocycles. The van der Waals surface area contributed by atoms with E-state index < -0.39 is 6.04 Å². The number of H-pyrrole nitrogens is 1. The first-order valence-corrected chi connectivity index (χ1v) is 11.9. The van der Waals surface area contributed by atoms with Crippen LogP contribution in [0.3, 0.4) is 0 Å². The minimum absolute atomic E-state index is 0.0641. The largest absolute Gasteiger partial charge is 0.507 e. The van der Waals surface area contributed by atoms with Gasteiger partial charge in [0.25, 0.3) is 5.91 Å². The molecule has 0 saturated heterocycles. The van der Waals surface area contributed by atoms with Crippen LogP contribution in [0.5, 0.6) is 11.5 Å². The average Bonchev–Trinajstić information content (AvgIpc) is 3.33. The number of aromatic amines is 1. The van der Waals surface area contributed by atoms with Crippen LogP contribution in [-0.4, -0.2) is 52.0 Å². The molecule has 180 valence electrons. The quantitative estimate of drug-likeness (QED) is 0.392. The topological polar surface area (TPSA) is 87.7 Å². The number of benzene rings is 2. The van der Waals surface area contributed by atoms with E-state index in [0.29, 0.717) is 48.2 Å². The Balaban J connectivity index is 1.79. The molecule has 2 aromatic carbocycles. The number of rotatable bonds is 9. The van der Waals surface area contributed by atoms with Gasteiger partial charge in [-0.1, -0.05) is 23.7 Å². The Labute approximate surface area is 204 Å². The summed E-state index contributed by atoms with van der Waals surface area (Å²) in [6.45, 7) is 9.35. The summed E-state index contributed by atoms with van der Waals surface area (Å²) < 4.78 is 11.4. The highest BCUT2D eigenvalue weighted by molar-refractivity contribution is 6.31. The van der Waals surface area contributed by atoms with Gasteiger partial charge in [0.1, 0.15) is 22.9 Å². The summed E-state index contributed by atoms with van der Waals surface area (Å²) in [6.07, 6.45) is 0.825. The molecule has 1 atom stereocenters. The minimum Gasteiger partial charge on any atom is -0.507 e. The van der Waals surface area contributed by atoms with Gasteiger partial charge >= 0.3 is 0 Å². The molecule has 4 rings (SSSR count). The molecule has 0 aliphatic carbocycles. The Morgan fingerprint density at radius 1 is 1.26 bits per heavy atom. The molecule has 0 fully saturated rings. The van der Waals surface area contributed by atoms with Gasteiger partial charge < -0.3 is 19.5 Å². The number of phenols is 1. The van der Waals surface area contributed by atoms with Crippen molar-refractivity contribution in [3.8, 4) is 22.8 Å². The number of carbonyl (C=O) groups excluding carboxylic acids is 1. The van der Waals surface area contributed by atoms with Crippen molar-refractivity contribution in [3.05, 3.63) is 63.8 Å². The number of nitrogens with one attached hydrogen (secondary N) is 1. The van der Waals surface area contributed by atoms with E-state index in [0.717, 1.165) is 22.4 Å². The van der Waals surface area contributed by atoms with Gasteiger partial charge in [-0.05, 0) is 69.5 Å². The van der Waals surface area contributed by atoms with Gasteiger partial charge in [-0.3, -0.25) is 9.89 Å². The van der Waals surface area contributed by atoms with Crippen LogP contribution in [0.1, 0.15) is 60.4 Å². The number of carbonyl (C=O) groups is 1.